The van der Waals surface area contributed by atoms with E-state index in [-0.39, 0.29) is 5.54 Å². The number of nitrogens with one attached hydrogen (secondary N) is 1. The first kappa shape index (κ1) is 13.6. The molecule has 1 aromatic heterocycles. The normalized spacial score (nSPS) is 16.5. The molecule has 1 aliphatic carbocycles. The first-order chi connectivity index (χ1) is 8.44. The summed E-state index contributed by atoms with van der Waals surface area (Å²) in [5.41, 5.74) is 1.24. The second-order valence-corrected chi connectivity index (χ2v) is 6.41. The SMILES string of the molecule is CN(CCNC(C)(C)C)Cc1cc(C2CC2)on1. The van der Waals surface area contributed by atoms with E-state index >= 15 is 0 Å². The predicted octanol–water partition coefficient (Wildman–Crippen LogP) is 2.37. The van der Waals surface area contributed by atoms with Gasteiger partial charge in [-0.25, -0.2) is 0 Å². The Morgan fingerprint density at radius 2 is 2.17 bits per heavy atom. The minimum absolute atomic E-state index is 0.188. The maximum Gasteiger partial charge on any atom is 0.140 e. The fourth-order valence-corrected chi connectivity index (χ4v) is 1.94. The molecule has 0 spiro atoms. The monoisotopic (exact) mass is 251 g/mol. The highest BCUT2D eigenvalue weighted by Crippen LogP contribution is 2.40. The van der Waals surface area contributed by atoms with Crippen LogP contribution in [0.15, 0.2) is 10.6 Å². The minimum Gasteiger partial charge on any atom is -0.361 e. The second-order valence-electron chi connectivity index (χ2n) is 6.41. The lowest BCUT2D eigenvalue weighted by molar-refractivity contribution is 0.291. The van der Waals surface area contributed by atoms with Gasteiger partial charge in [0.1, 0.15) is 5.76 Å². The van der Waals surface area contributed by atoms with E-state index in [0.29, 0.717) is 5.92 Å². The van der Waals surface area contributed by atoms with E-state index in [1.807, 2.05) is 0 Å². The second kappa shape index (κ2) is 5.41. The molecule has 0 radical (unpaired) electrons. The van der Waals surface area contributed by atoms with Crippen molar-refractivity contribution >= 4 is 0 Å². The van der Waals surface area contributed by atoms with Crippen LogP contribution in [0.2, 0.25) is 0 Å². The van der Waals surface area contributed by atoms with E-state index in [0.717, 1.165) is 31.1 Å². The summed E-state index contributed by atoms with van der Waals surface area (Å²) in [4.78, 5) is 2.27. The van der Waals surface area contributed by atoms with Gasteiger partial charge >= 0.3 is 0 Å². The molecule has 18 heavy (non-hydrogen) atoms. The molecule has 0 atom stereocenters. The molecule has 1 aliphatic rings. The van der Waals surface area contributed by atoms with Crippen LogP contribution in [0, 0.1) is 0 Å². The molecule has 1 heterocycles. The molecule has 0 aliphatic heterocycles. The molecule has 4 heteroatoms. The van der Waals surface area contributed by atoms with Crippen molar-refractivity contribution in [2.75, 3.05) is 20.1 Å². The summed E-state index contributed by atoms with van der Waals surface area (Å²) in [6, 6.07) is 2.12. The Bertz CT molecular complexity index is 377. The van der Waals surface area contributed by atoms with E-state index < -0.39 is 0 Å². The molecule has 0 aromatic carbocycles. The zero-order valence-electron chi connectivity index (χ0n) is 12.0. The number of aromatic nitrogens is 1. The third kappa shape index (κ3) is 4.42. The highest BCUT2D eigenvalue weighted by molar-refractivity contribution is 5.14. The van der Waals surface area contributed by atoms with Gasteiger partial charge in [-0.2, -0.15) is 0 Å². The van der Waals surface area contributed by atoms with E-state index in [1.54, 1.807) is 0 Å². The van der Waals surface area contributed by atoms with Crippen LogP contribution in [0.4, 0.5) is 0 Å². The number of hydrogen-bond donors (Lipinski definition) is 1. The Balaban J connectivity index is 1.71. The average Bonchev–Trinajstić information content (AvgIpc) is 2.99. The number of nitrogens with zero attached hydrogens (tertiary/aromatic N) is 2. The zero-order chi connectivity index (χ0) is 13.2. The van der Waals surface area contributed by atoms with E-state index in [9.17, 15) is 0 Å². The van der Waals surface area contributed by atoms with Crippen LogP contribution in [0.5, 0.6) is 0 Å². The van der Waals surface area contributed by atoms with E-state index in [1.165, 1.54) is 12.8 Å². The molecule has 0 unspecified atom stereocenters. The summed E-state index contributed by atoms with van der Waals surface area (Å²) < 4.78 is 5.36. The quantitative estimate of drug-likeness (QED) is 0.843. The van der Waals surface area contributed by atoms with Crippen LogP contribution < -0.4 is 5.32 Å². The van der Waals surface area contributed by atoms with Crippen molar-refractivity contribution in [3.8, 4) is 0 Å². The average molecular weight is 251 g/mol. The van der Waals surface area contributed by atoms with Gasteiger partial charge in [0.25, 0.3) is 0 Å². The largest absolute Gasteiger partial charge is 0.361 e. The molecule has 2 rings (SSSR count). The van der Waals surface area contributed by atoms with Crippen LogP contribution in [0.1, 0.15) is 51.0 Å². The zero-order valence-corrected chi connectivity index (χ0v) is 12.0. The molecule has 1 aromatic rings. The standard InChI is InChI=1S/C14H25N3O/c1-14(2,3)15-7-8-17(4)10-12-9-13(18-16-12)11-5-6-11/h9,11,15H,5-8,10H2,1-4H3. The van der Waals surface area contributed by atoms with Gasteiger partial charge in [0.15, 0.2) is 0 Å². The van der Waals surface area contributed by atoms with Crippen molar-refractivity contribution in [1.29, 1.82) is 0 Å². The smallest absolute Gasteiger partial charge is 0.140 e. The van der Waals surface area contributed by atoms with Crippen molar-refractivity contribution in [3.05, 3.63) is 17.5 Å². The van der Waals surface area contributed by atoms with Gasteiger partial charge in [-0.15, -0.1) is 0 Å². The van der Waals surface area contributed by atoms with Gasteiger partial charge < -0.3 is 9.84 Å². The first-order valence-electron chi connectivity index (χ1n) is 6.83. The molecule has 1 fully saturated rings. The molecule has 102 valence electrons. The van der Waals surface area contributed by atoms with Crippen LogP contribution >= 0.6 is 0 Å². The Labute approximate surface area is 110 Å². The van der Waals surface area contributed by atoms with E-state index in [4.69, 9.17) is 4.52 Å². The van der Waals surface area contributed by atoms with Gasteiger partial charge in [-0.05, 0) is 40.7 Å². The molecule has 0 amide bonds. The number of rotatable bonds is 6. The van der Waals surface area contributed by atoms with Crippen molar-refractivity contribution < 1.29 is 4.52 Å². The molecule has 1 N–H and O–H groups in total. The molecule has 1 saturated carbocycles. The maximum atomic E-state index is 5.36. The predicted molar refractivity (Wildman–Crippen MR) is 72.6 cm³/mol. The number of hydrogen-bond acceptors (Lipinski definition) is 4. The summed E-state index contributed by atoms with van der Waals surface area (Å²) in [5.74, 6) is 1.73. The lowest BCUT2D eigenvalue weighted by Gasteiger charge is -2.23. The fourth-order valence-electron chi connectivity index (χ4n) is 1.94. The third-order valence-corrected chi connectivity index (χ3v) is 3.14. The molecule has 0 bridgehead atoms. The van der Waals surface area contributed by atoms with Gasteiger partial charge in [0, 0.05) is 37.2 Å². The van der Waals surface area contributed by atoms with Crippen LogP contribution in [-0.4, -0.2) is 35.7 Å². The van der Waals surface area contributed by atoms with Gasteiger partial charge in [-0.1, -0.05) is 5.16 Å². The molecule has 0 saturated heterocycles. The summed E-state index contributed by atoms with van der Waals surface area (Å²) in [6.07, 6.45) is 2.53. The highest BCUT2D eigenvalue weighted by Gasteiger charge is 2.27. The Hall–Kier alpha value is -0.870. The first-order valence-corrected chi connectivity index (χ1v) is 6.83. The van der Waals surface area contributed by atoms with Crippen molar-refractivity contribution in [2.45, 2.75) is 51.6 Å². The lowest BCUT2D eigenvalue weighted by atomic mass is 10.1. The Morgan fingerprint density at radius 1 is 1.44 bits per heavy atom. The van der Waals surface area contributed by atoms with Crippen molar-refractivity contribution in [2.24, 2.45) is 0 Å². The van der Waals surface area contributed by atoms with Crippen LogP contribution in [-0.2, 0) is 6.54 Å². The summed E-state index contributed by atoms with van der Waals surface area (Å²) in [5, 5.41) is 7.62. The maximum absolute atomic E-state index is 5.36. The molecular formula is C14H25N3O. The third-order valence-electron chi connectivity index (χ3n) is 3.14. The minimum atomic E-state index is 0.188. The summed E-state index contributed by atoms with van der Waals surface area (Å²) in [6.45, 7) is 9.43. The summed E-state index contributed by atoms with van der Waals surface area (Å²) >= 11 is 0. The molecular weight excluding hydrogens is 226 g/mol. The lowest BCUT2D eigenvalue weighted by Crippen LogP contribution is -2.40. The Kier molecular flexibility index (Phi) is 4.07. The van der Waals surface area contributed by atoms with Crippen LogP contribution in [0.3, 0.4) is 0 Å². The van der Waals surface area contributed by atoms with Crippen LogP contribution in [0.25, 0.3) is 0 Å². The van der Waals surface area contributed by atoms with E-state index in [2.05, 4.69) is 49.3 Å². The van der Waals surface area contributed by atoms with Crippen molar-refractivity contribution in [3.63, 3.8) is 0 Å². The summed E-state index contributed by atoms with van der Waals surface area (Å²) in [7, 11) is 2.12. The van der Waals surface area contributed by atoms with Gasteiger partial charge in [0.2, 0.25) is 0 Å². The van der Waals surface area contributed by atoms with Gasteiger partial charge in [0.05, 0.1) is 5.69 Å². The Morgan fingerprint density at radius 3 is 2.78 bits per heavy atom. The topological polar surface area (TPSA) is 41.3 Å². The van der Waals surface area contributed by atoms with Gasteiger partial charge in [-0.3, -0.25) is 4.90 Å². The fraction of sp³-hybridized carbons (Fsp3) is 0.786. The highest BCUT2D eigenvalue weighted by atomic mass is 16.5. The van der Waals surface area contributed by atoms with Crippen molar-refractivity contribution in [1.82, 2.24) is 15.4 Å². The molecule has 4 nitrogen and oxygen atoms in total. The number of likely N-dealkylation sites (N-methyl/N-ethyl adjacent to an activating group) is 1.